The SMILES string of the molecule is C=O.CC(=O)c1cccc(/C(=C/CNc2ccccc2OCCC(C)C)N(C)N)c1.CN. The minimum atomic E-state index is 0.0338. The summed E-state index contributed by atoms with van der Waals surface area (Å²) in [6, 6.07) is 15.4. The Labute approximate surface area is 192 Å². The predicted molar refractivity (Wildman–Crippen MR) is 133 cm³/mol. The van der Waals surface area contributed by atoms with Gasteiger partial charge in [0.25, 0.3) is 0 Å². The van der Waals surface area contributed by atoms with Gasteiger partial charge >= 0.3 is 0 Å². The van der Waals surface area contributed by atoms with Crippen molar-refractivity contribution in [3.8, 4) is 5.75 Å². The van der Waals surface area contributed by atoms with Gasteiger partial charge in [0.2, 0.25) is 0 Å². The number of carbonyl (C=O) groups excluding carboxylic acids is 2. The molecule has 0 fully saturated rings. The zero-order valence-electron chi connectivity index (χ0n) is 19.9. The molecule has 0 unspecified atom stereocenters. The fourth-order valence-corrected chi connectivity index (χ4v) is 2.76. The predicted octanol–water partition coefficient (Wildman–Crippen LogP) is 3.96. The molecule has 7 heteroatoms. The van der Waals surface area contributed by atoms with Crippen LogP contribution in [-0.2, 0) is 4.79 Å². The molecule has 0 radical (unpaired) electrons. The summed E-state index contributed by atoms with van der Waals surface area (Å²) in [6.45, 7) is 9.20. The number of nitrogens with two attached hydrogens (primary N) is 2. The van der Waals surface area contributed by atoms with Crippen LogP contribution in [0.2, 0.25) is 0 Å². The number of hydrogen-bond donors (Lipinski definition) is 3. The number of para-hydroxylation sites is 2. The van der Waals surface area contributed by atoms with Crippen LogP contribution in [0, 0.1) is 5.92 Å². The Morgan fingerprint density at radius 3 is 2.34 bits per heavy atom. The molecule has 7 nitrogen and oxygen atoms in total. The number of carbonyl (C=O) groups is 2. The van der Waals surface area contributed by atoms with E-state index in [1.54, 1.807) is 19.0 Å². The van der Waals surface area contributed by atoms with Crippen LogP contribution < -0.4 is 21.6 Å². The maximum Gasteiger partial charge on any atom is 0.159 e. The summed E-state index contributed by atoms with van der Waals surface area (Å²) in [6.07, 6.45) is 3.02. The van der Waals surface area contributed by atoms with E-state index in [4.69, 9.17) is 15.4 Å². The van der Waals surface area contributed by atoms with E-state index in [0.717, 1.165) is 29.1 Å². The second-order valence-electron chi connectivity index (χ2n) is 7.25. The Balaban J connectivity index is 0.00000227. The Hall–Kier alpha value is -3.16. The number of ketones is 1. The molecule has 0 aliphatic rings. The van der Waals surface area contributed by atoms with Crippen molar-refractivity contribution in [1.82, 2.24) is 5.01 Å². The van der Waals surface area contributed by atoms with E-state index >= 15 is 0 Å². The second-order valence-corrected chi connectivity index (χ2v) is 7.25. The zero-order valence-corrected chi connectivity index (χ0v) is 19.9. The van der Waals surface area contributed by atoms with Crippen molar-refractivity contribution in [2.45, 2.75) is 27.2 Å². The molecule has 0 spiro atoms. The molecule has 0 aliphatic heterocycles. The van der Waals surface area contributed by atoms with Crippen molar-refractivity contribution in [2.75, 3.05) is 32.6 Å². The molecule has 0 bridgehead atoms. The van der Waals surface area contributed by atoms with Crippen LogP contribution >= 0.6 is 0 Å². The lowest BCUT2D eigenvalue weighted by Crippen LogP contribution is -2.25. The molecule has 0 saturated carbocycles. The third-order valence-electron chi connectivity index (χ3n) is 4.37. The Morgan fingerprint density at radius 1 is 1.12 bits per heavy atom. The molecule has 2 rings (SSSR count). The van der Waals surface area contributed by atoms with Crippen molar-refractivity contribution in [1.29, 1.82) is 0 Å². The highest BCUT2D eigenvalue weighted by atomic mass is 16.5. The van der Waals surface area contributed by atoms with Crippen LogP contribution in [0.3, 0.4) is 0 Å². The van der Waals surface area contributed by atoms with E-state index in [-0.39, 0.29) is 5.78 Å². The molecular formula is C25H38N4O3. The molecule has 0 aliphatic carbocycles. The van der Waals surface area contributed by atoms with Crippen molar-refractivity contribution in [2.24, 2.45) is 17.5 Å². The Morgan fingerprint density at radius 2 is 1.75 bits per heavy atom. The normalized spacial score (nSPS) is 10.3. The van der Waals surface area contributed by atoms with Gasteiger partial charge in [-0.1, -0.05) is 44.2 Å². The second kappa shape index (κ2) is 16.5. The van der Waals surface area contributed by atoms with Gasteiger partial charge in [0, 0.05) is 19.2 Å². The lowest BCUT2D eigenvalue weighted by Gasteiger charge is -2.18. The van der Waals surface area contributed by atoms with Crippen LogP contribution in [0.15, 0.2) is 54.6 Å². The van der Waals surface area contributed by atoms with Crippen molar-refractivity contribution in [3.63, 3.8) is 0 Å². The lowest BCUT2D eigenvalue weighted by atomic mass is 10.1. The number of ether oxygens (including phenoxy) is 1. The monoisotopic (exact) mass is 442 g/mol. The van der Waals surface area contributed by atoms with E-state index in [0.29, 0.717) is 24.6 Å². The third-order valence-corrected chi connectivity index (χ3v) is 4.37. The van der Waals surface area contributed by atoms with Crippen molar-refractivity contribution < 1.29 is 14.3 Å². The van der Waals surface area contributed by atoms with Gasteiger partial charge in [0.15, 0.2) is 5.78 Å². The van der Waals surface area contributed by atoms with Gasteiger partial charge in [-0.25, -0.2) is 5.84 Å². The Bertz CT molecular complexity index is 835. The van der Waals surface area contributed by atoms with Crippen LogP contribution in [0.4, 0.5) is 5.69 Å². The summed E-state index contributed by atoms with van der Waals surface area (Å²) >= 11 is 0. The van der Waals surface area contributed by atoms with E-state index in [1.165, 1.54) is 7.05 Å². The summed E-state index contributed by atoms with van der Waals surface area (Å²) in [5.41, 5.74) is 7.86. The van der Waals surface area contributed by atoms with Gasteiger partial charge in [-0.05, 0) is 56.1 Å². The summed E-state index contributed by atoms with van der Waals surface area (Å²) in [5.74, 6) is 7.51. The lowest BCUT2D eigenvalue weighted by molar-refractivity contribution is -0.0980. The topological polar surface area (TPSA) is 111 Å². The highest BCUT2D eigenvalue weighted by molar-refractivity contribution is 5.94. The first-order valence-electron chi connectivity index (χ1n) is 10.5. The number of hydrogen-bond acceptors (Lipinski definition) is 7. The number of nitrogens with one attached hydrogen (secondary N) is 1. The highest BCUT2D eigenvalue weighted by Gasteiger charge is 2.08. The van der Waals surface area contributed by atoms with Crippen molar-refractivity contribution in [3.05, 3.63) is 65.7 Å². The average molecular weight is 443 g/mol. The summed E-state index contributed by atoms with van der Waals surface area (Å²) in [7, 11) is 3.29. The van der Waals surface area contributed by atoms with Crippen LogP contribution in [0.25, 0.3) is 5.70 Å². The summed E-state index contributed by atoms with van der Waals surface area (Å²) in [5, 5.41) is 4.95. The van der Waals surface area contributed by atoms with Crippen LogP contribution in [0.1, 0.15) is 43.1 Å². The molecular weight excluding hydrogens is 404 g/mol. The fraction of sp³-hybridized carbons (Fsp3) is 0.360. The first-order chi connectivity index (χ1) is 15.4. The number of benzene rings is 2. The molecule has 0 aromatic heterocycles. The number of anilines is 1. The quantitative estimate of drug-likeness (QED) is 0.290. The number of nitrogens with zero attached hydrogens (tertiary/aromatic N) is 1. The Kier molecular flexibility index (Phi) is 14.9. The highest BCUT2D eigenvalue weighted by Crippen LogP contribution is 2.24. The van der Waals surface area contributed by atoms with Gasteiger partial charge < -0.3 is 25.6 Å². The molecule has 0 heterocycles. The molecule has 0 saturated heterocycles. The van der Waals surface area contributed by atoms with Crippen LogP contribution in [-0.4, -0.2) is 44.8 Å². The average Bonchev–Trinajstić information content (AvgIpc) is 2.80. The summed E-state index contributed by atoms with van der Waals surface area (Å²) < 4.78 is 5.92. The van der Waals surface area contributed by atoms with E-state index < -0.39 is 0 Å². The number of rotatable bonds is 10. The smallest absolute Gasteiger partial charge is 0.159 e. The summed E-state index contributed by atoms with van der Waals surface area (Å²) in [4.78, 5) is 19.7. The van der Waals surface area contributed by atoms with Gasteiger partial charge in [-0.3, -0.25) is 4.79 Å². The van der Waals surface area contributed by atoms with E-state index in [1.807, 2.05) is 61.4 Å². The van der Waals surface area contributed by atoms with E-state index in [9.17, 15) is 4.79 Å². The largest absolute Gasteiger partial charge is 0.491 e. The molecule has 176 valence electrons. The maximum atomic E-state index is 11.7. The molecule has 2 aromatic carbocycles. The van der Waals surface area contributed by atoms with Gasteiger partial charge in [0.05, 0.1) is 18.0 Å². The number of hydrazine groups is 1. The molecule has 5 N–H and O–H groups in total. The molecule has 32 heavy (non-hydrogen) atoms. The van der Waals surface area contributed by atoms with Crippen LogP contribution in [0.5, 0.6) is 5.75 Å². The fourth-order valence-electron chi connectivity index (χ4n) is 2.76. The molecule has 0 amide bonds. The number of Topliss-reactive ketones (excluding diaryl/α,β-unsaturated/α-hetero) is 1. The standard InChI is InChI=1S/C23H31N3O2.CH5N.CH2O/c1-17(2)13-15-28-23-11-6-5-10-21(23)25-14-12-22(26(4)24)20-9-7-8-19(16-20)18(3)27;2*1-2/h5-12,16-17,25H,13-15,24H2,1-4H3;2H2,1H3;1H2/b22-12-;;. The first kappa shape index (κ1) is 28.8. The minimum absolute atomic E-state index is 0.0338. The minimum Gasteiger partial charge on any atom is -0.491 e. The van der Waals surface area contributed by atoms with E-state index in [2.05, 4.69) is 24.9 Å². The molecule has 0 atom stereocenters. The van der Waals surface area contributed by atoms with Gasteiger partial charge in [-0.2, -0.15) is 0 Å². The van der Waals surface area contributed by atoms with Gasteiger partial charge in [-0.15, -0.1) is 0 Å². The molecule has 2 aromatic rings. The zero-order chi connectivity index (χ0) is 24.5. The maximum absolute atomic E-state index is 11.7. The van der Waals surface area contributed by atoms with Gasteiger partial charge in [0.1, 0.15) is 12.5 Å². The van der Waals surface area contributed by atoms with Crippen molar-refractivity contribution >= 4 is 24.0 Å². The first-order valence-corrected chi connectivity index (χ1v) is 10.5. The third kappa shape index (κ3) is 10.2.